The van der Waals surface area contributed by atoms with Crippen LogP contribution >= 0.6 is 11.6 Å². The van der Waals surface area contributed by atoms with Gasteiger partial charge in [-0.15, -0.1) is 0 Å². The average Bonchev–Trinajstić information content (AvgIpc) is 2.13. The van der Waals surface area contributed by atoms with Crippen molar-refractivity contribution in [2.75, 3.05) is 13.1 Å². The molecule has 2 rings (SSSR count). The van der Waals surface area contributed by atoms with E-state index in [9.17, 15) is 13.2 Å². The molecule has 5 nitrogen and oxygen atoms in total. The number of aromatic carboxylic acids is 1. The summed E-state index contributed by atoms with van der Waals surface area (Å²) in [6.45, 7) is 0.909. The summed E-state index contributed by atoms with van der Waals surface area (Å²) in [5.74, 6) is -1.18. The third kappa shape index (κ3) is 2.15. The van der Waals surface area contributed by atoms with Crippen LogP contribution in [0.15, 0.2) is 23.1 Å². The zero-order valence-corrected chi connectivity index (χ0v) is 10.3. The van der Waals surface area contributed by atoms with Crippen molar-refractivity contribution in [3.63, 3.8) is 0 Å². The average molecular weight is 276 g/mol. The maximum atomic E-state index is 12.1. The fourth-order valence-electron chi connectivity index (χ4n) is 1.50. The van der Waals surface area contributed by atoms with Gasteiger partial charge >= 0.3 is 5.97 Å². The Bertz CT molecular complexity index is 566. The molecule has 0 aromatic heterocycles. The van der Waals surface area contributed by atoms with Crippen LogP contribution in [0.1, 0.15) is 16.8 Å². The Morgan fingerprint density at radius 3 is 2.47 bits per heavy atom. The molecule has 1 saturated heterocycles. The van der Waals surface area contributed by atoms with E-state index in [0.29, 0.717) is 13.1 Å². The number of hydrogen-bond donors (Lipinski definition) is 1. The van der Waals surface area contributed by atoms with Gasteiger partial charge in [-0.2, -0.15) is 4.31 Å². The Morgan fingerprint density at radius 2 is 2.00 bits per heavy atom. The largest absolute Gasteiger partial charge is 0.478 e. The molecule has 1 aromatic rings. The summed E-state index contributed by atoms with van der Waals surface area (Å²) in [5, 5.41) is 8.87. The van der Waals surface area contributed by atoms with Crippen LogP contribution in [0, 0.1) is 0 Å². The number of carbonyl (C=O) groups is 1. The van der Waals surface area contributed by atoms with Gasteiger partial charge in [0.2, 0.25) is 10.0 Å². The molecule has 0 amide bonds. The molecule has 0 unspecified atom stereocenters. The highest BCUT2D eigenvalue weighted by molar-refractivity contribution is 7.89. The molecule has 92 valence electrons. The molecule has 0 saturated carbocycles. The minimum Gasteiger partial charge on any atom is -0.478 e. The molecule has 0 atom stereocenters. The number of sulfonamides is 1. The van der Waals surface area contributed by atoms with Crippen LogP contribution in [0.4, 0.5) is 0 Å². The molecule has 0 radical (unpaired) electrons. The van der Waals surface area contributed by atoms with Crippen LogP contribution in [0.5, 0.6) is 0 Å². The van der Waals surface area contributed by atoms with Crippen molar-refractivity contribution in [3.8, 4) is 0 Å². The summed E-state index contributed by atoms with van der Waals surface area (Å²) in [4.78, 5) is 10.7. The van der Waals surface area contributed by atoms with Gasteiger partial charge in [-0.05, 0) is 24.6 Å². The highest BCUT2D eigenvalue weighted by Crippen LogP contribution is 2.28. The molecule has 1 aliphatic rings. The van der Waals surface area contributed by atoms with Crippen molar-refractivity contribution in [1.82, 2.24) is 4.31 Å². The molecular formula is C10H10ClNO4S. The summed E-state index contributed by atoms with van der Waals surface area (Å²) >= 11 is 5.81. The van der Waals surface area contributed by atoms with Crippen molar-refractivity contribution >= 4 is 27.6 Å². The molecule has 1 heterocycles. The second-order valence-electron chi connectivity index (χ2n) is 3.71. The number of nitrogens with zero attached hydrogens (tertiary/aromatic N) is 1. The van der Waals surface area contributed by atoms with E-state index >= 15 is 0 Å². The first-order valence-corrected chi connectivity index (χ1v) is 6.78. The predicted molar refractivity (Wildman–Crippen MR) is 61.8 cm³/mol. The standard InChI is InChI=1S/C10H10ClNO4S/c11-8-3-2-7(10(13)14)6-9(8)17(15,16)12-4-1-5-12/h2-3,6H,1,4-5H2,(H,13,14). The predicted octanol–water partition coefficient (Wildman–Crippen LogP) is 1.43. The van der Waals surface area contributed by atoms with Crippen LogP contribution in [0.2, 0.25) is 5.02 Å². The summed E-state index contributed by atoms with van der Waals surface area (Å²) in [7, 11) is -3.65. The molecule has 17 heavy (non-hydrogen) atoms. The van der Waals surface area contributed by atoms with Gasteiger partial charge in [-0.1, -0.05) is 11.6 Å². The van der Waals surface area contributed by atoms with Crippen molar-refractivity contribution in [1.29, 1.82) is 0 Å². The van der Waals surface area contributed by atoms with Gasteiger partial charge in [0.05, 0.1) is 10.6 Å². The Morgan fingerprint density at radius 1 is 1.35 bits per heavy atom. The Kier molecular flexibility index (Phi) is 3.11. The minimum atomic E-state index is -3.65. The van der Waals surface area contributed by atoms with Gasteiger partial charge < -0.3 is 5.11 Å². The van der Waals surface area contributed by atoms with Crippen LogP contribution < -0.4 is 0 Å². The van der Waals surface area contributed by atoms with Crippen LogP contribution in [0.25, 0.3) is 0 Å². The van der Waals surface area contributed by atoms with E-state index in [4.69, 9.17) is 16.7 Å². The summed E-state index contributed by atoms with van der Waals surface area (Å²) in [6.07, 6.45) is 0.815. The van der Waals surface area contributed by atoms with E-state index in [1.807, 2.05) is 0 Å². The molecule has 0 aliphatic carbocycles. The Hall–Kier alpha value is -1.11. The van der Waals surface area contributed by atoms with E-state index in [2.05, 4.69) is 0 Å². The molecule has 0 spiro atoms. The fourth-order valence-corrected chi connectivity index (χ4v) is 3.52. The SMILES string of the molecule is O=C(O)c1ccc(Cl)c(S(=O)(=O)N2CCC2)c1. The molecule has 1 N–H and O–H groups in total. The first-order chi connectivity index (χ1) is 7.93. The summed E-state index contributed by atoms with van der Waals surface area (Å²) < 4.78 is 25.4. The van der Waals surface area contributed by atoms with E-state index in [0.717, 1.165) is 12.5 Å². The first kappa shape index (κ1) is 12.3. The van der Waals surface area contributed by atoms with Crippen molar-refractivity contribution in [3.05, 3.63) is 28.8 Å². The third-order valence-corrected chi connectivity index (χ3v) is 4.99. The van der Waals surface area contributed by atoms with Crippen molar-refractivity contribution in [2.45, 2.75) is 11.3 Å². The lowest BCUT2D eigenvalue weighted by molar-refractivity contribution is 0.0696. The monoisotopic (exact) mass is 275 g/mol. The smallest absolute Gasteiger partial charge is 0.335 e. The topological polar surface area (TPSA) is 74.7 Å². The number of benzene rings is 1. The normalized spacial score (nSPS) is 16.5. The van der Waals surface area contributed by atoms with Gasteiger partial charge in [-0.3, -0.25) is 0 Å². The van der Waals surface area contributed by atoms with Gasteiger partial charge in [0.15, 0.2) is 0 Å². The number of rotatable bonds is 3. The number of carboxylic acid groups (broad SMARTS) is 1. The van der Waals surface area contributed by atoms with E-state index < -0.39 is 16.0 Å². The Balaban J connectivity index is 2.50. The second-order valence-corrected chi connectivity index (χ2v) is 6.02. The van der Waals surface area contributed by atoms with E-state index in [1.165, 1.54) is 16.4 Å². The lowest BCUT2D eigenvalue weighted by Crippen LogP contribution is -2.42. The number of carboxylic acids is 1. The zero-order valence-electron chi connectivity index (χ0n) is 8.76. The quantitative estimate of drug-likeness (QED) is 0.906. The number of hydrogen-bond acceptors (Lipinski definition) is 3. The molecular weight excluding hydrogens is 266 g/mol. The highest BCUT2D eigenvalue weighted by atomic mass is 35.5. The van der Waals surface area contributed by atoms with E-state index in [-0.39, 0.29) is 15.5 Å². The second kappa shape index (κ2) is 4.29. The molecule has 1 fully saturated rings. The lowest BCUT2D eigenvalue weighted by atomic mass is 10.2. The molecule has 1 aliphatic heterocycles. The number of halogens is 1. The summed E-state index contributed by atoms with van der Waals surface area (Å²) in [6, 6.07) is 3.66. The van der Waals surface area contributed by atoms with Gasteiger partial charge in [-0.25, -0.2) is 13.2 Å². The zero-order chi connectivity index (χ0) is 12.6. The van der Waals surface area contributed by atoms with Crippen LogP contribution in [-0.4, -0.2) is 36.9 Å². The lowest BCUT2D eigenvalue weighted by Gasteiger charge is -2.30. The van der Waals surface area contributed by atoms with Crippen LogP contribution in [-0.2, 0) is 10.0 Å². The minimum absolute atomic E-state index is 0.0434. The third-order valence-electron chi connectivity index (χ3n) is 2.61. The van der Waals surface area contributed by atoms with Crippen molar-refractivity contribution in [2.24, 2.45) is 0 Å². The van der Waals surface area contributed by atoms with Gasteiger partial charge in [0.25, 0.3) is 0 Å². The maximum Gasteiger partial charge on any atom is 0.335 e. The molecule has 0 bridgehead atoms. The first-order valence-electron chi connectivity index (χ1n) is 4.96. The van der Waals surface area contributed by atoms with Gasteiger partial charge in [0, 0.05) is 13.1 Å². The molecule has 1 aromatic carbocycles. The summed E-state index contributed by atoms with van der Waals surface area (Å²) in [5.41, 5.74) is -0.0894. The highest BCUT2D eigenvalue weighted by Gasteiger charge is 2.31. The molecule has 7 heteroatoms. The van der Waals surface area contributed by atoms with Crippen molar-refractivity contribution < 1.29 is 18.3 Å². The Labute approximate surface area is 104 Å². The van der Waals surface area contributed by atoms with Crippen LogP contribution in [0.3, 0.4) is 0 Å². The maximum absolute atomic E-state index is 12.1. The van der Waals surface area contributed by atoms with Gasteiger partial charge in [0.1, 0.15) is 4.90 Å². The van der Waals surface area contributed by atoms with E-state index in [1.54, 1.807) is 0 Å². The fraction of sp³-hybridized carbons (Fsp3) is 0.300.